The van der Waals surface area contributed by atoms with Gasteiger partial charge in [-0.1, -0.05) is 0 Å². The molecule has 0 amide bonds. The second kappa shape index (κ2) is 6.54. The van der Waals surface area contributed by atoms with Crippen LogP contribution in [-0.2, 0) is 19.1 Å². The molecule has 7 heteroatoms. The SMILES string of the molecule is COc1ccc(C(SC)=C2C(=O)OC(C)(C)OC2=O)cc1OC. The summed E-state index contributed by atoms with van der Waals surface area (Å²) in [5.41, 5.74) is 0.516. The molecule has 1 heterocycles. The minimum atomic E-state index is -1.27. The first-order chi connectivity index (χ1) is 10.8. The molecule has 0 radical (unpaired) electrons. The molecule has 6 nitrogen and oxygen atoms in total. The van der Waals surface area contributed by atoms with E-state index in [0.29, 0.717) is 22.0 Å². The summed E-state index contributed by atoms with van der Waals surface area (Å²) in [5.74, 6) is -1.62. The Morgan fingerprint density at radius 2 is 1.61 bits per heavy atom. The van der Waals surface area contributed by atoms with Gasteiger partial charge in [0.05, 0.1) is 14.2 Å². The monoisotopic (exact) mass is 338 g/mol. The van der Waals surface area contributed by atoms with E-state index in [1.54, 1.807) is 24.5 Å². The number of carbonyl (C=O) groups excluding carboxylic acids is 2. The molecular formula is C16H18O6S. The van der Waals surface area contributed by atoms with E-state index in [1.807, 2.05) is 0 Å². The molecule has 23 heavy (non-hydrogen) atoms. The molecule has 0 saturated carbocycles. The van der Waals surface area contributed by atoms with Crippen molar-refractivity contribution in [2.75, 3.05) is 20.5 Å². The fraction of sp³-hybridized carbons (Fsp3) is 0.375. The predicted molar refractivity (Wildman–Crippen MR) is 86.2 cm³/mol. The molecule has 0 bridgehead atoms. The Morgan fingerprint density at radius 3 is 2.09 bits per heavy atom. The molecule has 1 fully saturated rings. The fourth-order valence-corrected chi connectivity index (χ4v) is 2.91. The fourth-order valence-electron chi connectivity index (χ4n) is 2.18. The zero-order valence-corrected chi connectivity index (χ0v) is 14.4. The van der Waals surface area contributed by atoms with Gasteiger partial charge in [-0.2, -0.15) is 0 Å². The van der Waals surface area contributed by atoms with E-state index in [1.165, 1.54) is 39.8 Å². The van der Waals surface area contributed by atoms with Gasteiger partial charge in [-0.05, 0) is 30.0 Å². The molecule has 0 aliphatic carbocycles. The standard InChI is InChI=1S/C16H18O6S/c1-16(2)21-14(17)12(15(18)22-16)13(23-5)9-6-7-10(19-3)11(8-9)20-4/h6-8H,1-5H3. The van der Waals surface area contributed by atoms with Crippen LogP contribution in [0.1, 0.15) is 19.4 Å². The third-order valence-corrected chi connectivity index (χ3v) is 4.01. The zero-order chi connectivity index (χ0) is 17.2. The summed E-state index contributed by atoms with van der Waals surface area (Å²) in [5, 5.41) is 0. The first kappa shape index (κ1) is 17.2. The maximum atomic E-state index is 12.2. The van der Waals surface area contributed by atoms with Crippen molar-refractivity contribution in [1.82, 2.24) is 0 Å². The van der Waals surface area contributed by atoms with Gasteiger partial charge < -0.3 is 18.9 Å². The Morgan fingerprint density at radius 1 is 1.04 bits per heavy atom. The Balaban J connectivity index is 2.54. The molecule has 0 N–H and O–H groups in total. The predicted octanol–water partition coefficient (Wildman–Crippen LogP) is 2.61. The molecule has 1 aromatic rings. The van der Waals surface area contributed by atoms with E-state index in [2.05, 4.69) is 0 Å². The molecule has 124 valence electrons. The maximum absolute atomic E-state index is 12.2. The maximum Gasteiger partial charge on any atom is 0.350 e. The van der Waals surface area contributed by atoms with Crippen molar-refractivity contribution in [2.45, 2.75) is 19.6 Å². The van der Waals surface area contributed by atoms with Gasteiger partial charge in [0.1, 0.15) is 0 Å². The van der Waals surface area contributed by atoms with E-state index in [4.69, 9.17) is 18.9 Å². The number of carbonyl (C=O) groups is 2. The second-order valence-corrected chi connectivity index (χ2v) is 5.97. The van der Waals surface area contributed by atoms with Crippen molar-refractivity contribution in [3.05, 3.63) is 29.3 Å². The largest absolute Gasteiger partial charge is 0.493 e. The lowest BCUT2D eigenvalue weighted by Gasteiger charge is -2.30. The number of methoxy groups -OCH3 is 2. The van der Waals surface area contributed by atoms with Crippen LogP contribution in [0.15, 0.2) is 23.8 Å². The van der Waals surface area contributed by atoms with Gasteiger partial charge in [-0.3, -0.25) is 0 Å². The second-order valence-electron chi connectivity index (χ2n) is 5.16. The third kappa shape index (κ3) is 3.44. The van der Waals surface area contributed by atoms with Gasteiger partial charge in [0, 0.05) is 18.8 Å². The van der Waals surface area contributed by atoms with E-state index >= 15 is 0 Å². The van der Waals surface area contributed by atoms with Crippen LogP contribution in [0.2, 0.25) is 0 Å². The summed E-state index contributed by atoms with van der Waals surface area (Å²) in [4.78, 5) is 24.9. The van der Waals surface area contributed by atoms with E-state index in [9.17, 15) is 9.59 Å². The van der Waals surface area contributed by atoms with Crippen LogP contribution in [0, 0.1) is 0 Å². The van der Waals surface area contributed by atoms with Crippen LogP contribution in [0.25, 0.3) is 4.91 Å². The lowest BCUT2D eigenvalue weighted by atomic mass is 10.1. The highest BCUT2D eigenvalue weighted by atomic mass is 32.2. The lowest BCUT2D eigenvalue weighted by molar-refractivity contribution is -0.222. The Kier molecular flexibility index (Phi) is 4.89. The highest BCUT2D eigenvalue weighted by molar-refractivity contribution is 8.07. The number of hydrogen-bond acceptors (Lipinski definition) is 7. The molecular weight excluding hydrogens is 320 g/mol. The third-order valence-electron chi connectivity index (χ3n) is 3.16. The normalized spacial score (nSPS) is 16.5. The summed E-state index contributed by atoms with van der Waals surface area (Å²) in [6.07, 6.45) is 1.76. The van der Waals surface area contributed by atoms with Crippen molar-refractivity contribution in [3.8, 4) is 11.5 Å². The zero-order valence-electron chi connectivity index (χ0n) is 13.6. The van der Waals surface area contributed by atoms with Crippen LogP contribution < -0.4 is 9.47 Å². The first-order valence-electron chi connectivity index (χ1n) is 6.80. The number of hydrogen-bond donors (Lipinski definition) is 0. The molecule has 1 aliphatic rings. The Labute approximate surface area is 138 Å². The summed E-state index contributed by atoms with van der Waals surface area (Å²) in [6, 6.07) is 5.13. The lowest BCUT2D eigenvalue weighted by Crippen LogP contribution is -2.42. The van der Waals surface area contributed by atoms with Gasteiger partial charge in [0.15, 0.2) is 17.1 Å². The summed E-state index contributed by atoms with van der Waals surface area (Å²) >= 11 is 1.25. The average Bonchev–Trinajstić information content (AvgIpc) is 2.49. The Hall–Kier alpha value is -2.15. The number of benzene rings is 1. The van der Waals surface area contributed by atoms with Gasteiger partial charge >= 0.3 is 11.9 Å². The van der Waals surface area contributed by atoms with Crippen molar-refractivity contribution in [2.24, 2.45) is 0 Å². The number of rotatable bonds is 4. The highest BCUT2D eigenvalue weighted by Gasteiger charge is 2.41. The van der Waals surface area contributed by atoms with Crippen molar-refractivity contribution in [1.29, 1.82) is 0 Å². The van der Waals surface area contributed by atoms with Gasteiger partial charge in [0.2, 0.25) is 0 Å². The van der Waals surface area contributed by atoms with Crippen LogP contribution in [0.3, 0.4) is 0 Å². The average molecular weight is 338 g/mol. The summed E-state index contributed by atoms with van der Waals surface area (Å²) in [7, 11) is 3.04. The van der Waals surface area contributed by atoms with Crippen LogP contribution in [-0.4, -0.2) is 38.2 Å². The summed E-state index contributed by atoms with van der Waals surface area (Å²) < 4.78 is 20.8. The minimum absolute atomic E-state index is 0.121. The molecule has 1 aliphatic heterocycles. The van der Waals surface area contributed by atoms with Crippen LogP contribution >= 0.6 is 11.8 Å². The summed E-state index contributed by atoms with van der Waals surface area (Å²) in [6.45, 7) is 3.02. The molecule has 1 aromatic carbocycles. The number of esters is 2. The topological polar surface area (TPSA) is 71.1 Å². The van der Waals surface area contributed by atoms with Crippen molar-refractivity contribution >= 4 is 28.6 Å². The van der Waals surface area contributed by atoms with E-state index in [0.717, 1.165) is 0 Å². The molecule has 0 aromatic heterocycles. The van der Waals surface area contributed by atoms with Gasteiger partial charge in [-0.25, -0.2) is 9.59 Å². The molecule has 0 unspecified atom stereocenters. The Bertz CT molecular complexity index is 655. The quantitative estimate of drug-likeness (QED) is 0.475. The highest BCUT2D eigenvalue weighted by Crippen LogP contribution is 2.38. The van der Waals surface area contributed by atoms with Crippen LogP contribution in [0.4, 0.5) is 0 Å². The minimum Gasteiger partial charge on any atom is -0.493 e. The molecule has 0 atom stereocenters. The van der Waals surface area contributed by atoms with E-state index < -0.39 is 17.7 Å². The molecule has 0 spiro atoms. The number of ether oxygens (including phenoxy) is 4. The van der Waals surface area contributed by atoms with E-state index in [-0.39, 0.29) is 5.57 Å². The first-order valence-corrected chi connectivity index (χ1v) is 8.02. The van der Waals surface area contributed by atoms with Gasteiger partial charge in [0.25, 0.3) is 5.79 Å². The number of cyclic esters (lactones) is 2. The smallest absolute Gasteiger partial charge is 0.350 e. The molecule has 2 rings (SSSR count). The van der Waals surface area contributed by atoms with Crippen LogP contribution in [0.5, 0.6) is 11.5 Å². The van der Waals surface area contributed by atoms with Crippen molar-refractivity contribution in [3.63, 3.8) is 0 Å². The number of thioether (sulfide) groups is 1. The molecule has 1 saturated heterocycles. The van der Waals surface area contributed by atoms with Gasteiger partial charge in [-0.15, -0.1) is 11.8 Å². The van der Waals surface area contributed by atoms with Crippen molar-refractivity contribution < 1.29 is 28.5 Å².